The van der Waals surface area contributed by atoms with Gasteiger partial charge in [0.05, 0.1) is 18.3 Å². The third-order valence-electron chi connectivity index (χ3n) is 4.66. The van der Waals surface area contributed by atoms with Crippen LogP contribution >= 0.6 is 0 Å². The van der Waals surface area contributed by atoms with Crippen LogP contribution in [0.4, 0.5) is 5.82 Å². The van der Waals surface area contributed by atoms with Crippen LogP contribution in [-0.4, -0.2) is 33.2 Å². The molecule has 0 aliphatic carbocycles. The maximum atomic E-state index is 12.7. The average Bonchev–Trinajstić information content (AvgIpc) is 3.12. The van der Waals surface area contributed by atoms with Crippen LogP contribution in [0.1, 0.15) is 44.0 Å². The molecule has 2 heterocycles. The fourth-order valence-electron chi connectivity index (χ4n) is 3.05. The lowest BCUT2D eigenvalue weighted by Crippen LogP contribution is -2.24. The molecular weight excluding hydrogens is 356 g/mol. The van der Waals surface area contributed by atoms with Gasteiger partial charge in [0, 0.05) is 11.3 Å². The number of hydrogen-bond donors (Lipinski definition) is 1. The van der Waals surface area contributed by atoms with E-state index in [1.165, 1.54) is 10.9 Å². The van der Waals surface area contributed by atoms with Crippen molar-refractivity contribution in [2.75, 3.05) is 11.9 Å². The van der Waals surface area contributed by atoms with Crippen LogP contribution < -0.4 is 5.32 Å². The Morgan fingerprint density at radius 3 is 2.57 bits per heavy atom. The molecule has 3 aromatic rings. The van der Waals surface area contributed by atoms with Crippen molar-refractivity contribution in [3.8, 4) is 5.82 Å². The molecule has 3 rings (SSSR count). The number of aromatic nitrogens is 3. The molecule has 28 heavy (non-hydrogen) atoms. The van der Waals surface area contributed by atoms with Crippen molar-refractivity contribution in [3.63, 3.8) is 0 Å². The van der Waals surface area contributed by atoms with Gasteiger partial charge in [-0.25, -0.2) is 9.78 Å². The number of esters is 1. The normalized spacial score (nSPS) is 11.0. The summed E-state index contributed by atoms with van der Waals surface area (Å²) in [6, 6.07) is 11.4. The molecule has 0 atom stereocenters. The van der Waals surface area contributed by atoms with E-state index in [2.05, 4.69) is 15.4 Å². The molecule has 146 valence electrons. The van der Waals surface area contributed by atoms with Gasteiger partial charge in [0.25, 0.3) is 0 Å². The summed E-state index contributed by atoms with van der Waals surface area (Å²) in [4.78, 5) is 29.7. The molecular formula is C21H24N4O3. The number of carbonyl (C=O) groups excluding carboxylic acids is 2. The van der Waals surface area contributed by atoms with Crippen LogP contribution in [0.2, 0.25) is 0 Å². The highest BCUT2D eigenvalue weighted by Gasteiger charge is 2.24. The van der Waals surface area contributed by atoms with E-state index in [0.29, 0.717) is 18.7 Å². The number of benzene rings is 1. The molecule has 7 heteroatoms. The SMILES string of the molecule is CCOC(=O)c1cnn(-c2ccc3ccccc3n2)c1NC(=O)C(CC)CC. The first-order chi connectivity index (χ1) is 13.6. The monoisotopic (exact) mass is 380 g/mol. The second-order valence-electron chi connectivity index (χ2n) is 6.40. The Labute approximate surface area is 163 Å². The van der Waals surface area contributed by atoms with E-state index in [-0.39, 0.29) is 29.8 Å². The summed E-state index contributed by atoms with van der Waals surface area (Å²) in [5, 5.41) is 8.16. The molecule has 1 aromatic carbocycles. The van der Waals surface area contributed by atoms with E-state index < -0.39 is 5.97 Å². The zero-order valence-electron chi connectivity index (χ0n) is 16.3. The Morgan fingerprint density at radius 1 is 1.11 bits per heavy atom. The molecule has 0 saturated heterocycles. The Kier molecular flexibility index (Phi) is 6.03. The predicted molar refractivity (Wildman–Crippen MR) is 108 cm³/mol. The van der Waals surface area contributed by atoms with Gasteiger partial charge in [-0.2, -0.15) is 9.78 Å². The van der Waals surface area contributed by atoms with Gasteiger partial charge >= 0.3 is 5.97 Å². The van der Waals surface area contributed by atoms with Crippen LogP contribution in [0.3, 0.4) is 0 Å². The van der Waals surface area contributed by atoms with Crippen LogP contribution in [0.25, 0.3) is 16.7 Å². The third-order valence-corrected chi connectivity index (χ3v) is 4.66. The van der Waals surface area contributed by atoms with E-state index in [1.807, 2.05) is 44.2 Å². The summed E-state index contributed by atoms with van der Waals surface area (Å²) >= 11 is 0. The number of pyridine rings is 1. The number of rotatable bonds is 7. The van der Waals surface area contributed by atoms with Crippen molar-refractivity contribution in [2.45, 2.75) is 33.6 Å². The maximum absolute atomic E-state index is 12.7. The zero-order chi connectivity index (χ0) is 20.1. The molecule has 0 radical (unpaired) electrons. The fraction of sp³-hybridized carbons (Fsp3) is 0.333. The number of para-hydroxylation sites is 1. The lowest BCUT2D eigenvalue weighted by Gasteiger charge is -2.15. The quantitative estimate of drug-likeness (QED) is 0.627. The van der Waals surface area contributed by atoms with Crippen molar-refractivity contribution >= 4 is 28.6 Å². The van der Waals surface area contributed by atoms with Crippen LogP contribution in [-0.2, 0) is 9.53 Å². The average molecular weight is 380 g/mol. The summed E-state index contributed by atoms with van der Waals surface area (Å²) in [5.74, 6) is -0.0531. The minimum Gasteiger partial charge on any atom is -0.462 e. The number of anilines is 1. The van der Waals surface area contributed by atoms with Gasteiger partial charge in [-0.05, 0) is 38.0 Å². The largest absolute Gasteiger partial charge is 0.462 e. The van der Waals surface area contributed by atoms with Crippen LogP contribution in [0, 0.1) is 5.92 Å². The molecule has 0 bridgehead atoms. The van der Waals surface area contributed by atoms with Gasteiger partial charge < -0.3 is 10.1 Å². The minimum absolute atomic E-state index is 0.150. The highest BCUT2D eigenvalue weighted by molar-refractivity contribution is 6.01. The summed E-state index contributed by atoms with van der Waals surface area (Å²) in [6.07, 6.45) is 2.82. The second-order valence-corrected chi connectivity index (χ2v) is 6.40. The summed E-state index contributed by atoms with van der Waals surface area (Å²) < 4.78 is 6.59. The van der Waals surface area contributed by atoms with Crippen LogP contribution in [0.15, 0.2) is 42.6 Å². The number of fused-ring (bicyclic) bond motifs is 1. The Hall–Kier alpha value is -3.22. The van der Waals surface area contributed by atoms with E-state index in [4.69, 9.17) is 4.74 Å². The first kappa shape index (κ1) is 19.5. The molecule has 0 saturated carbocycles. The smallest absolute Gasteiger partial charge is 0.343 e. The summed E-state index contributed by atoms with van der Waals surface area (Å²) in [6.45, 7) is 5.89. The molecule has 0 aliphatic rings. The van der Waals surface area contributed by atoms with Gasteiger partial charge in [-0.3, -0.25) is 4.79 Å². The number of amides is 1. The first-order valence-electron chi connectivity index (χ1n) is 9.51. The molecule has 2 aromatic heterocycles. The lowest BCUT2D eigenvalue weighted by atomic mass is 10.0. The Balaban J connectivity index is 2.06. The summed E-state index contributed by atoms with van der Waals surface area (Å²) in [7, 11) is 0. The number of nitrogens with one attached hydrogen (secondary N) is 1. The molecule has 7 nitrogen and oxygen atoms in total. The highest BCUT2D eigenvalue weighted by atomic mass is 16.5. The van der Waals surface area contributed by atoms with E-state index in [9.17, 15) is 9.59 Å². The highest BCUT2D eigenvalue weighted by Crippen LogP contribution is 2.23. The number of nitrogens with zero attached hydrogens (tertiary/aromatic N) is 3. The van der Waals surface area contributed by atoms with Gasteiger partial charge in [-0.15, -0.1) is 0 Å². The number of ether oxygens (including phenoxy) is 1. The second kappa shape index (κ2) is 8.65. The first-order valence-corrected chi connectivity index (χ1v) is 9.51. The van der Waals surface area contributed by atoms with Gasteiger partial charge in [0.15, 0.2) is 11.6 Å². The van der Waals surface area contributed by atoms with Crippen molar-refractivity contribution in [3.05, 3.63) is 48.2 Å². The van der Waals surface area contributed by atoms with Gasteiger partial charge in [0.2, 0.25) is 5.91 Å². The lowest BCUT2D eigenvalue weighted by molar-refractivity contribution is -0.120. The molecule has 1 amide bonds. The van der Waals surface area contributed by atoms with Crippen molar-refractivity contribution < 1.29 is 14.3 Å². The third kappa shape index (κ3) is 3.88. The Morgan fingerprint density at radius 2 is 1.86 bits per heavy atom. The van der Waals surface area contributed by atoms with E-state index >= 15 is 0 Å². The summed E-state index contributed by atoms with van der Waals surface area (Å²) in [5.41, 5.74) is 1.00. The van der Waals surface area contributed by atoms with Gasteiger partial charge in [0.1, 0.15) is 5.56 Å². The fourth-order valence-corrected chi connectivity index (χ4v) is 3.05. The molecule has 0 aliphatic heterocycles. The standard InChI is InChI=1S/C21H24N4O3/c1-4-14(5-2)20(26)24-19-16(21(27)28-6-3)13-22-25(19)18-12-11-15-9-7-8-10-17(15)23-18/h7-14H,4-6H2,1-3H3,(H,24,26). The van der Waals surface area contributed by atoms with E-state index in [1.54, 1.807) is 13.0 Å². The maximum Gasteiger partial charge on any atom is 0.343 e. The number of hydrogen-bond acceptors (Lipinski definition) is 5. The number of carbonyl (C=O) groups is 2. The van der Waals surface area contributed by atoms with Crippen LogP contribution in [0.5, 0.6) is 0 Å². The topological polar surface area (TPSA) is 86.1 Å². The van der Waals surface area contributed by atoms with Gasteiger partial charge in [-0.1, -0.05) is 32.0 Å². The predicted octanol–water partition coefficient (Wildman–Crippen LogP) is 3.97. The van der Waals surface area contributed by atoms with Crippen molar-refractivity contribution in [1.82, 2.24) is 14.8 Å². The zero-order valence-corrected chi connectivity index (χ0v) is 16.3. The molecule has 0 unspecified atom stereocenters. The van der Waals surface area contributed by atoms with Crippen molar-refractivity contribution in [1.29, 1.82) is 0 Å². The molecule has 0 spiro atoms. The Bertz CT molecular complexity index is 992. The minimum atomic E-state index is -0.533. The van der Waals surface area contributed by atoms with E-state index in [0.717, 1.165) is 10.9 Å². The molecule has 0 fully saturated rings. The molecule has 1 N–H and O–H groups in total. The van der Waals surface area contributed by atoms with Crippen molar-refractivity contribution in [2.24, 2.45) is 5.92 Å².